The molecule has 2 aromatic rings. The number of hydrogen-bond donors (Lipinski definition) is 2. The number of benzene rings is 1. The van der Waals surface area contributed by atoms with Gasteiger partial charge in [0.1, 0.15) is 23.3 Å². The Kier molecular flexibility index (Phi) is 6.25. The summed E-state index contributed by atoms with van der Waals surface area (Å²) in [6.07, 6.45) is 2.12. The lowest BCUT2D eigenvalue weighted by molar-refractivity contribution is -0.136. The minimum Gasteiger partial charge on any atom is -0.351 e. The number of amides is 2. The van der Waals surface area contributed by atoms with Crippen LogP contribution in [0.15, 0.2) is 24.3 Å². The van der Waals surface area contributed by atoms with Gasteiger partial charge < -0.3 is 15.2 Å². The van der Waals surface area contributed by atoms with Crippen molar-refractivity contribution >= 4 is 38.3 Å². The molecule has 2 heterocycles. The lowest BCUT2D eigenvalue weighted by Gasteiger charge is -2.33. The molecule has 2 amide bonds. The van der Waals surface area contributed by atoms with Gasteiger partial charge in [-0.1, -0.05) is 0 Å². The van der Waals surface area contributed by atoms with Crippen molar-refractivity contribution in [1.29, 1.82) is 0 Å². The van der Waals surface area contributed by atoms with Gasteiger partial charge in [0, 0.05) is 36.2 Å². The molecule has 1 aliphatic rings. The Labute approximate surface area is 173 Å². The van der Waals surface area contributed by atoms with Crippen molar-refractivity contribution in [2.75, 3.05) is 25.1 Å². The van der Waals surface area contributed by atoms with Crippen LogP contribution in [0, 0.1) is 11.7 Å². The number of sulfone groups is 1. The number of hydrogen-bond acceptors (Lipinski definition) is 5. The highest BCUT2D eigenvalue weighted by Crippen LogP contribution is 2.20. The number of nitrogens with one attached hydrogen (secondary N) is 2. The van der Waals surface area contributed by atoms with Gasteiger partial charge in [0.05, 0.1) is 0 Å². The topological polar surface area (TPSA) is 116 Å². The van der Waals surface area contributed by atoms with Gasteiger partial charge >= 0.3 is 0 Å². The number of H-pyrrole nitrogens is 1. The first kappa shape index (κ1) is 21.9. The molecule has 10 heteroatoms. The molecule has 30 heavy (non-hydrogen) atoms. The normalized spacial score (nSPS) is 18.2. The molecule has 8 nitrogen and oxygen atoms in total. The Morgan fingerprint density at radius 2 is 2.03 bits per heavy atom. The molecule has 0 aliphatic carbocycles. The Balaban J connectivity index is 1.62. The fraction of sp³-hybridized carbons (Fsp3) is 0.450. The number of piperidine rings is 1. The van der Waals surface area contributed by atoms with Crippen LogP contribution in [0.2, 0.25) is 0 Å². The van der Waals surface area contributed by atoms with Gasteiger partial charge in [0.25, 0.3) is 5.91 Å². The zero-order valence-corrected chi connectivity index (χ0v) is 17.6. The standard InChI is InChI=1S/C20H24FN3O5S/c1-12(22-19(26)17-9-14-8-15(21)5-6-16(14)23-17)20(27)24-7-3-4-13(10-24)18(25)11-30(2,28)29/h5-6,8-9,12-13,23H,3-4,7,10-11H2,1-2H3,(H,22,26)/t12-,13?/m1/s1. The average Bonchev–Trinajstić information content (AvgIpc) is 3.09. The first-order valence-corrected chi connectivity index (χ1v) is 11.7. The van der Waals surface area contributed by atoms with E-state index in [0.29, 0.717) is 30.3 Å². The molecule has 1 aromatic carbocycles. The second-order valence-electron chi connectivity index (χ2n) is 7.77. The minimum atomic E-state index is -3.42. The summed E-state index contributed by atoms with van der Waals surface area (Å²) in [7, 11) is -3.42. The summed E-state index contributed by atoms with van der Waals surface area (Å²) in [5, 5.41) is 3.16. The van der Waals surface area contributed by atoms with E-state index in [9.17, 15) is 27.2 Å². The van der Waals surface area contributed by atoms with E-state index in [0.717, 1.165) is 6.26 Å². The van der Waals surface area contributed by atoms with Crippen molar-refractivity contribution in [3.05, 3.63) is 35.8 Å². The molecular formula is C20H24FN3O5S. The van der Waals surface area contributed by atoms with Gasteiger partial charge in [0.15, 0.2) is 15.6 Å². The number of aromatic amines is 1. The SMILES string of the molecule is C[C@@H](NC(=O)c1cc2cc(F)ccc2[nH]1)C(=O)N1CCCC(C(=O)CS(C)(=O)=O)C1. The summed E-state index contributed by atoms with van der Waals surface area (Å²) < 4.78 is 36.1. The van der Waals surface area contributed by atoms with E-state index >= 15 is 0 Å². The number of Topliss-reactive ketones (excluding diaryl/α,β-unsaturated/α-hetero) is 1. The quantitative estimate of drug-likeness (QED) is 0.706. The van der Waals surface area contributed by atoms with Gasteiger partial charge in [-0.15, -0.1) is 0 Å². The monoisotopic (exact) mass is 437 g/mol. The number of carbonyl (C=O) groups excluding carboxylic acids is 3. The largest absolute Gasteiger partial charge is 0.351 e. The van der Waals surface area contributed by atoms with Crippen LogP contribution in [0.5, 0.6) is 0 Å². The molecule has 1 saturated heterocycles. The Bertz CT molecular complexity index is 1100. The van der Waals surface area contributed by atoms with Crippen molar-refractivity contribution in [3.63, 3.8) is 0 Å². The van der Waals surface area contributed by atoms with Crippen LogP contribution in [0.3, 0.4) is 0 Å². The predicted molar refractivity (Wildman–Crippen MR) is 109 cm³/mol. The van der Waals surface area contributed by atoms with Crippen molar-refractivity contribution in [1.82, 2.24) is 15.2 Å². The fourth-order valence-electron chi connectivity index (χ4n) is 3.65. The molecule has 2 N–H and O–H groups in total. The molecule has 2 atom stereocenters. The highest BCUT2D eigenvalue weighted by atomic mass is 32.2. The van der Waals surface area contributed by atoms with Crippen LogP contribution in [0.4, 0.5) is 4.39 Å². The zero-order chi connectivity index (χ0) is 22.1. The van der Waals surface area contributed by atoms with Gasteiger partial charge in [-0.05, 0) is 44.0 Å². The van der Waals surface area contributed by atoms with Crippen LogP contribution in [0.1, 0.15) is 30.3 Å². The second kappa shape index (κ2) is 8.55. The maximum absolute atomic E-state index is 13.3. The van der Waals surface area contributed by atoms with Crippen molar-refractivity contribution in [3.8, 4) is 0 Å². The maximum Gasteiger partial charge on any atom is 0.268 e. The number of rotatable bonds is 6. The molecule has 162 valence electrons. The molecule has 1 aliphatic heterocycles. The summed E-state index contributed by atoms with van der Waals surface area (Å²) >= 11 is 0. The first-order valence-electron chi connectivity index (χ1n) is 9.62. The zero-order valence-electron chi connectivity index (χ0n) is 16.8. The number of halogens is 1. The molecule has 0 bridgehead atoms. The Hall–Kier alpha value is -2.75. The van der Waals surface area contributed by atoms with E-state index in [-0.39, 0.29) is 18.1 Å². The first-order chi connectivity index (χ1) is 14.0. The van der Waals surface area contributed by atoms with Crippen molar-refractivity contribution in [2.45, 2.75) is 25.8 Å². The lowest BCUT2D eigenvalue weighted by atomic mass is 9.94. The highest BCUT2D eigenvalue weighted by molar-refractivity contribution is 7.91. The smallest absolute Gasteiger partial charge is 0.268 e. The van der Waals surface area contributed by atoms with E-state index in [2.05, 4.69) is 10.3 Å². The van der Waals surface area contributed by atoms with Crippen LogP contribution < -0.4 is 5.32 Å². The van der Waals surface area contributed by atoms with Gasteiger partial charge in [-0.3, -0.25) is 14.4 Å². The molecule has 0 saturated carbocycles. The molecule has 3 rings (SSSR count). The van der Waals surface area contributed by atoms with Crippen molar-refractivity contribution < 1.29 is 27.2 Å². The number of fused-ring (bicyclic) bond motifs is 1. The predicted octanol–water partition coefficient (Wildman–Crippen LogP) is 1.28. The van der Waals surface area contributed by atoms with Crippen LogP contribution in [-0.4, -0.2) is 67.0 Å². The molecule has 1 unspecified atom stereocenters. The third kappa shape index (κ3) is 5.24. The summed E-state index contributed by atoms with van der Waals surface area (Å²) in [5.41, 5.74) is 0.805. The van der Waals surface area contributed by atoms with Crippen LogP contribution in [0.25, 0.3) is 10.9 Å². The average molecular weight is 437 g/mol. The third-order valence-electron chi connectivity index (χ3n) is 5.14. The number of carbonyl (C=O) groups is 3. The highest BCUT2D eigenvalue weighted by Gasteiger charge is 2.32. The van der Waals surface area contributed by atoms with Crippen molar-refractivity contribution in [2.24, 2.45) is 5.92 Å². The number of likely N-dealkylation sites (tertiary alicyclic amines) is 1. The second-order valence-corrected chi connectivity index (χ2v) is 9.91. The summed E-state index contributed by atoms with van der Waals surface area (Å²) in [5.74, 6) is -2.72. The minimum absolute atomic E-state index is 0.138. The fourth-order valence-corrected chi connectivity index (χ4v) is 4.40. The molecular weight excluding hydrogens is 413 g/mol. The molecule has 0 radical (unpaired) electrons. The number of aromatic nitrogens is 1. The summed E-state index contributed by atoms with van der Waals surface area (Å²) in [4.78, 5) is 41.8. The van der Waals surface area contributed by atoms with Gasteiger partial charge in [0.2, 0.25) is 5.91 Å². The molecule has 1 fully saturated rings. The van der Waals surface area contributed by atoms with E-state index < -0.39 is 45.1 Å². The number of nitrogens with zero attached hydrogens (tertiary/aromatic N) is 1. The van der Waals surface area contributed by atoms with Crippen LogP contribution in [-0.2, 0) is 19.4 Å². The Morgan fingerprint density at radius 1 is 1.30 bits per heavy atom. The Morgan fingerprint density at radius 3 is 2.73 bits per heavy atom. The lowest BCUT2D eigenvalue weighted by Crippen LogP contribution is -2.51. The van der Waals surface area contributed by atoms with E-state index in [1.165, 1.54) is 29.2 Å². The van der Waals surface area contributed by atoms with E-state index in [1.54, 1.807) is 6.92 Å². The third-order valence-corrected chi connectivity index (χ3v) is 5.95. The summed E-state index contributed by atoms with van der Waals surface area (Å²) in [6, 6.07) is 4.77. The van der Waals surface area contributed by atoms with Gasteiger partial charge in [-0.25, -0.2) is 12.8 Å². The summed E-state index contributed by atoms with van der Waals surface area (Å²) in [6.45, 7) is 2.12. The van der Waals surface area contributed by atoms with E-state index in [1.807, 2.05) is 0 Å². The van der Waals surface area contributed by atoms with Gasteiger partial charge in [-0.2, -0.15) is 0 Å². The van der Waals surface area contributed by atoms with Crippen LogP contribution >= 0.6 is 0 Å². The number of ketones is 1. The maximum atomic E-state index is 13.3. The van der Waals surface area contributed by atoms with E-state index in [4.69, 9.17) is 0 Å². The molecule has 1 aromatic heterocycles. The molecule has 0 spiro atoms.